The van der Waals surface area contributed by atoms with Crippen molar-refractivity contribution in [2.45, 2.75) is 72.0 Å². The second-order valence-electron chi connectivity index (χ2n) is 9.41. The van der Waals surface area contributed by atoms with Gasteiger partial charge in [-0.3, -0.25) is 0 Å². The fraction of sp³-hybridized carbons (Fsp3) is 0.467. The number of halogens is 4. The lowest BCUT2D eigenvalue weighted by molar-refractivity contribution is -0.0884. The Bertz CT molecular complexity index is 1010. The van der Waals surface area contributed by atoms with Crippen molar-refractivity contribution in [2.24, 2.45) is 0 Å². The van der Waals surface area contributed by atoms with E-state index in [4.69, 9.17) is 0 Å². The lowest BCUT2D eigenvalue weighted by atomic mass is 9.93. The molecule has 0 aromatic heterocycles. The third-order valence-electron chi connectivity index (χ3n) is 6.31. The van der Waals surface area contributed by atoms with E-state index in [1.165, 1.54) is 17.7 Å². The van der Waals surface area contributed by atoms with Gasteiger partial charge in [-0.05, 0) is 94.3 Å². The Kier molecular flexibility index (Phi) is 12.3. The summed E-state index contributed by atoms with van der Waals surface area (Å²) in [6, 6.07) is 8.45. The van der Waals surface area contributed by atoms with Gasteiger partial charge in [-0.25, -0.2) is 0 Å². The predicted molar refractivity (Wildman–Crippen MR) is 150 cm³/mol. The van der Waals surface area contributed by atoms with Gasteiger partial charge in [0.1, 0.15) is 0 Å². The fourth-order valence-electron chi connectivity index (χ4n) is 4.45. The second-order valence-corrected chi connectivity index (χ2v) is 10.3. The van der Waals surface area contributed by atoms with Crippen LogP contribution in [0.4, 0.5) is 13.2 Å². The van der Waals surface area contributed by atoms with Gasteiger partial charge in [-0.2, -0.15) is 13.2 Å². The molecule has 1 atom stereocenters. The Labute approximate surface area is 223 Å². The quantitative estimate of drug-likeness (QED) is 0.226. The van der Waals surface area contributed by atoms with Crippen LogP contribution in [-0.4, -0.2) is 37.3 Å². The van der Waals surface area contributed by atoms with Gasteiger partial charge in [0.2, 0.25) is 0 Å². The summed E-state index contributed by atoms with van der Waals surface area (Å²) in [7, 11) is 2.07. The minimum absolute atomic E-state index is 0.164. The van der Waals surface area contributed by atoms with Crippen molar-refractivity contribution < 1.29 is 13.2 Å². The molecule has 1 heterocycles. The molecule has 0 bridgehead atoms. The molecular formula is C30H40BrF3N2. The van der Waals surface area contributed by atoms with Crippen LogP contribution in [0.25, 0.3) is 0 Å². The Morgan fingerprint density at radius 3 is 2.56 bits per heavy atom. The normalized spacial score (nSPS) is 18.9. The maximum Gasteiger partial charge on any atom is 0.416 e. The van der Waals surface area contributed by atoms with E-state index in [2.05, 4.69) is 57.5 Å². The van der Waals surface area contributed by atoms with E-state index in [1.807, 2.05) is 26.8 Å². The summed E-state index contributed by atoms with van der Waals surface area (Å²) in [6.07, 6.45) is 8.21. The zero-order chi connectivity index (χ0) is 26.7. The first kappa shape index (κ1) is 30.2. The third kappa shape index (κ3) is 9.11. The van der Waals surface area contributed by atoms with Crippen LogP contribution in [0.2, 0.25) is 0 Å². The zero-order valence-electron chi connectivity index (χ0n) is 22.2. The molecule has 2 rings (SSSR count). The number of piperidine rings is 1. The molecule has 0 radical (unpaired) electrons. The predicted octanol–water partition coefficient (Wildman–Crippen LogP) is 8.69. The first-order valence-electron chi connectivity index (χ1n) is 12.8. The number of aryl methyl sites for hydroxylation is 1. The van der Waals surface area contributed by atoms with E-state index < -0.39 is 11.7 Å². The summed E-state index contributed by atoms with van der Waals surface area (Å²) in [6.45, 7) is 9.29. The Morgan fingerprint density at radius 1 is 1.22 bits per heavy atom. The van der Waals surface area contributed by atoms with Gasteiger partial charge in [0.15, 0.2) is 0 Å². The zero-order valence-corrected chi connectivity index (χ0v) is 23.8. The summed E-state index contributed by atoms with van der Waals surface area (Å²) >= 11 is 3.62. The number of benzene rings is 1. The molecule has 1 aliphatic rings. The molecule has 6 heteroatoms. The average Bonchev–Trinajstić information content (AvgIpc) is 2.81. The van der Waals surface area contributed by atoms with Crippen LogP contribution >= 0.6 is 15.9 Å². The van der Waals surface area contributed by atoms with Crippen molar-refractivity contribution in [1.82, 2.24) is 10.2 Å². The Hall–Kier alpha value is -2.05. The number of hydrogen-bond donors (Lipinski definition) is 1. The molecular weight excluding hydrogens is 525 g/mol. The van der Waals surface area contributed by atoms with E-state index in [0.29, 0.717) is 12.0 Å². The molecule has 0 saturated carbocycles. The average molecular weight is 566 g/mol. The molecule has 0 spiro atoms. The number of likely N-dealkylation sites (N-methyl/N-ethyl adjacent to an activating group) is 1. The van der Waals surface area contributed by atoms with E-state index in [-0.39, 0.29) is 6.04 Å². The van der Waals surface area contributed by atoms with Crippen LogP contribution < -0.4 is 5.32 Å². The van der Waals surface area contributed by atoms with Gasteiger partial charge in [0.25, 0.3) is 0 Å². The largest absolute Gasteiger partial charge is 0.416 e. The summed E-state index contributed by atoms with van der Waals surface area (Å²) in [5.74, 6) is 0. The van der Waals surface area contributed by atoms with Gasteiger partial charge < -0.3 is 10.2 Å². The molecule has 1 aromatic rings. The number of allylic oxidation sites excluding steroid dienone is 9. The summed E-state index contributed by atoms with van der Waals surface area (Å²) in [5.41, 5.74) is 4.22. The van der Waals surface area contributed by atoms with E-state index in [0.717, 1.165) is 60.1 Å². The van der Waals surface area contributed by atoms with E-state index in [1.54, 1.807) is 19.1 Å². The lowest BCUT2D eigenvalue weighted by Crippen LogP contribution is -2.42. The molecule has 1 aromatic carbocycles. The molecule has 1 N–H and O–H groups in total. The van der Waals surface area contributed by atoms with Crippen LogP contribution in [0.5, 0.6) is 0 Å². The lowest BCUT2D eigenvalue weighted by Gasteiger charge is -2.36. The SMILES string of the molecule is C\C=C/C(=C\C(=C\CC)C(F)(F)F)C(/C=C1/C(NCCCc2ccccc2Br)CCCN1C)=C(C)C. The van der Waals surface area contributed by atoms with Crippen molar-refractivity contribution in [2.75, 3.05) is 20.1 Å². The molecule has 1 saturated heterocycles. The van der Waals surface area contributed by atoms with Crippen molar-refractivity contribution in [3.05, 3.63) is 92.7 Å². The minimum Gasteiger partial charge on any atom is -0.377 e. The van der Waals surface area contributed by atoms with Crippen LogP contribution in [-0.2, 0) is 6.42 Å². The Morgan fingerprint density at radius 2 is 1.94 bits per heavy atom. The highest BCUT2D eigenvalue weighted by Gasteiger charge is 2.32. The number of nitrogens with one attached hydrogen (secondary N) is 1. The van der Waals surface area contributed by atoms with Crippen LogP contribution in [0.1, 0.15) is 58.9 Å². The van der Waals surface area contributed by atoms with Gasteiger partial charge in [-0.15, -0.1) is 0 Å². The molecule has 1 aliphatic heterocycles. The molecule has 2 nitrogen and oxygen atoms in total. The van der Waals surface area contributed by atoms with Crippen molar-refractivity contribution >= 4 is 15.9 Å². The maximum atomic E-state index is 13.7. The number of hydrogen-bond acceptors (Lipinski definition) is 2. The molecule has 1 unspecified atom stereocenters. The van der Waals surface area contributed by atoms with Crippen molar-refractivity contribution in [1.29, 1.82) is 0 Å². The first-order valence-corrected chi connectivity index (χ1v) is 13.6. The monoisotopic (exact) mass is 564 g/mol. The topological polar surface area (TPSA) is 15.3 Å². The van der Waals surface area contributed by atoms with Gasteiger partial charge >= 0.3 is 6.18 Å². The highest BCUT2D eigenvalue weighted by molar-refractivity contribution is 9.10. The van der Waals surface area contributed by atoms with Gasteiger partial charge in [0.05, 0.1) is 5.57 Å². The minimum atomic E-state index is -4.39. The number of rotatable bonds is 10. The van der Waals surface area contributed by atoms with E-state index >= 15 is 0 Å². The molecule has 1 fully saturated rings. The van der Waals surface area contributed by atoms with Crippen molar-refractivity contribution in [3.8, 4) is 0 Å². The first-order chi connectivity index (χ1) is 17.1. The maximum absolute atomic E-state index is 13.7. The van der Waals surface area contributed by atoms with Crippen LogP contribution in [0, 0.1) is 0 Å². The molecule has 0 amide bonds. The Balaban J connectivity index is 2.31. The third-order valence-corrected chi connectivity index (χ3v) is 7.08. The smallest absolute Gasteiger partial charge is 0.377 e. The fourth-order valence-corrected chi connectivity index (χ4v) is 4.94. The number of likely N-dealkylation sites (tertiary alicyclic amines) is 1. The summed E-state index contributed by atoms with van der Waals surface area (Å²) in [4.78, 5) is 2.23. The summed E-state index contributed by atoms with van der Waals surface area (Å²) in [5, 5.41) is 3.72. The number of alkyl halides is 3. The van der Waals surface area contributed by atoms with Gasteiger partial charge in [0, 0.05) is 29.8 Å². The molecule has 0 aliphatic carbocycles. The van der Waals surface area contributed by atoms with Gasteiger partial charge in [-0.1, -0.05) is 64.9 Å². The van der Waals surface area contributed by atoms with Crippen molar-refractivity contribution in [3.63, 3.8) is 0 Å². The summed E-state index contributed by atoms with van der Waals surface area (Å²) < 4.78 is 42.2. The van der Waals surface area contributed by atoms with Crippen LogP contribution in [0.15, 0.2) is 87.1 Å². The highest BCUT2D eigenvalue weighted by atomic mass is 79.9. The second kappa shape index (κ2) is 14.6. The molecule has 36 heavy (non-hydrogen) atoms. The molecule has 198 valence electrons. The standard InChI is InChI=1S/C30H40BrF3N2/c1-6-12-24(20-25(13-7-2)30(32,33)34)26(22(3)4)21-29-28(17-11-19-36(29)5)35-18-10-15-23-14-8-9-16-27(23)31/h6,8-9,12-14,16,20-21,28,35H,7,10-11,15,17-19H2,1-5H3/b12-6-,24-20+,25-13-,29-21-. The highest BCUT2D eigenvalue weighted by Crippen LogP contribution is 2.32. The number of nitrogens with zero attached hydrogens (tertiary/aromatic N) is 1. The van der Waals surface area contributed by atoms with E-state index in [9.17, 15) is 13.2 Å². The van der Waals surface area contributed by atoms with Crippen LogP contribution in [0.3, 0.4) is 0 Å².